The number of rotatable bonds is 4. The van der Waals surface area contributed by atoms with Crippen LogP contribution < -0.4 is 4.90 Å². The maximum Gasteiger partial charge on any atom is 0.336 e. The van der Waals surface area contributed by atoms with Crippen molar-refractivity contribution in [3.63, 3.8) is 0 Å². The Bertz CT molecular complexity index is 1060. The first-order chi connectivity index (χ1) is 13.5. The number of carboxylic acid groups (broad SMARTS) is 1. The van der Waals surface area contributed by atoms with E-state index < -0.39 is 5.97 Å². The van der Waals surface area contributed by atoms with E-state index in [-0.39, 0.29) is 5.56 Å². The fraction of sp³-hybridized carbons (Fsp3) is 0.200. The first-order valence-corrected chi connectivity index (χ1v) is 10.2. The van der Waals surface area contributed by atoms with E-state index in [1.165, 1.54) is 17.8 Å². The number of aromatic carboxylic acids is 1. The lowest BCUT2D eigenvalue weighted by molar-refractivity contribution is 0.0693. The Morgan fingerprint density at radius 2 is 1.82 bits per heavy atom. The summed E-state index contributed by atoms with van der Waals surface area (Å²) in [5.74, 6) is -1.02. The van der Waals surface area contributed by atoms with Crippen molar-refractivity contribution in [2.45, 2.75) is 9.79 Å². The van der Waals surface area contributed by atoms with Crippen molar-refractivity contribution in [1.29, 1.82) is 0 Å². The van der Waals surface area contributed by atoms with Crippen molar-refractivity contribution in [3.05, 3.63) is 58.2 Å². The van der Waals surface area contributed by atoms with Crippen LogP contribution >= 0.6 is 35.0 Å². The van der Waals surface area contributed by atoms with Crippen molar-refractivity contribution in [3.8, 4) is 0 Å². The zero-order valence-electron chi connectivity index (χ0n) is 14.7. The molecule has 0 saturated carbocycles. The summed E-state index contributed by atoms with van der Waals surface area (Å²) in [6.45, 7) is 2.76. The summed E-state index contributed by atoms with van der Waals surface area (Å²) in [6.07, 6.45) is 1.83. The van der Waals surface area contributed by atoms with Gasteiger partial charge in [0, 0.05) is 38.3 Å². The van der Waals surface area contributed by atoms with Crippen LogP contribution in [-0.4, -0.2) is 42.4 Å². The first-order valence-electron chi connectivity index (χ1n) is 8.64. The van der Waals surface area contributed by atoms with Crippen LogP contribution in [0.15, 0.2) is 52.4 Å². The number of carbonyl (C=O) groups is 1. The number of anilines is 1. The third-order valence-corrected chi connectivity index (χ3v) is 6.18. The van der Waals surface area contributed by atoms with E-state index in [1.54, 1.807) is 18.2 Å². The third-order valence-electron chi connectivity index (χ3n) is 4.50. The lowest BCUT2D eigenvalue weighted by Gasteiger charge is -2.30. The SMILES string of the molecule is O=C(O)c1cc(Cl)ccc1Sc1c(N2CCOCC2)cnc2ccc(Cl)cc12. The predicted octanol–water partition coefficient (Wildman–Crippen LogP) is 5.23. The summed E-state index contributed by atoms with van der Waals surface area (Å²) in [5.41, 5.74) is 1.90. The molecular weight excluding hydrogens is 419 g/mol. The van der Waals surface area contributed by atoms with Crippen molar-refractivity contribution in [1.82, 2.24) is 4.98 Å². The van der Waals surface area contributed by atoms with Crippen LogP contribution in [0.1, 0.15) is 10.4 Å². The van der Waals surface area contributed by atoms with E-state index in [2.05, 4.69) is 9.88 Å². The standard InChI is InChI=1S/C20H16Cl2N2O3S/c21-12-1-3-16-14(9-12)19(17(11-23-16)24-5-7-27-8-6-24)28-18-4-2-13(22)10-15(18)20(25)26/h1-4,9-11H,5-8H2,(H,25,26). The Kier molecular flexibility index (Phi) is 5.64. The molecule has 144 valence electrons. The molecule has 4 rings (SSSR count). The Morgan fingerprint density at radius 3 is 2.57 bits per heavy atom. The second kappa shape index (κ2) is 8.17. The van der Waals surface area contributed by atoms with E-state index in [1.807, 2.05) is 18.3 Å². The third kappa shape index (κ3) is 3.91. The topological polar surface area (TPSA) is 62.7 Å². The predicted molar refractivity (Wildman–Crippen MR) is 112 cm³/mol. The van der Waals surface area contributed by atoms with Gasteiger partial charge in [0.05, 0.1) is 36.2 Å². The van der Waals surface area contributed by atoms with Gasteiger partial charge in [-0.25, -0.2) is 4.79 Å². The lowest BCUT2D eigenvalue weighted by atomic mass is 10.2. The number of fused-ring (bicyclic) bond motifs is 1. The van der Waals surface area contributed by atoms with Gasteiger partial charge in [0.1, 0.15) is 0 Å². The number of pyridine rings is 1. The van der Waals surface area contributed by atoms with Crippen LogP contribution in [0.4, 0.5) is 5.69 Å². The quantitative estimate of drug-likeness (QED) is 0.606. The van der Waals surface area contributed by atoms with Crippen molar-refractivity contribution < 1.29 is 14.6 Å². The van der Waals surface area contributed by atoms with E-state index in [4.69, 9.17) is 27.9 Å². The molecule has 2 aromatic carbocycles. The van der Waals surface area contributed by atoms with Gasteiger partial charge in [-0.2, -0.15) is 0 Å². The molecule has 0 radical (unpaired) electrons. The number of aromatic nitrogens is 1. The zero-order valence-corrected chi connectivity index (χ0v) is 17.0. The van der Waals surface area contributed by atoms with E-state index in [0.717, 1.165) is 34.6 Å². The van der Waals surface area contributed by atoms with Crippen LogP contribution in [0.2, 0.25) is 10.0 Å². The monoisotopic (exact) mass is 434 g/mol. The summed E-state index contributed by atoms with van der Waals surface area (Å²) in [7, 11) is 0. The van der Waals surface area contributed by atoms with Crippen molar-refractivity contribution >= 4 is 57.5 Å². The number of halogens is 2. The van der Waals surface area contributed by atoms with Gasteiger partial charge < -0.3 is 14.7 Å². The van der Waals surface area contributed by atoms with Crippen LogP contribution in [0, 0.1) is 0 Å². The molecule has 3 aromatic rings. The highest BCUT2D eigenvalue weighted by molar-refractivity contribution is 7.99. The van der Waals surface area contributed by atoms with Crippen molar-refractivity contribution in [2.75, 3.05) is 31.2 Å². The van der Waals surface area contributed by atoms with Crippen LogP contribution in [-0.2, 0) is 4.74 Å². The van der Waals surface area contributed by atoms with Gasteiger partial charge >= 0.3 is 5.97 Å². The van der Waals surface area contributed by atoms with Gasteiger partial charge in [-0.1, -0.05) is 35.0 Å². The van der Waals surface area contributed by atoms with Gasteiger partial charge in [-0.15, -0.1) is 0 Å². The minimum Gasteiger partial charge on any atom is -0.478 e. The molecule has 1 fully saturated rings. The number of hydrogen-bond acceptors (Lipinski definition) is 5. The molecule has 0 spiro atoms. The minimum atomic E-state index is -1.02. The molecule has 0 amide bonds. The minimum absolute atomic E-state index is 0.164. The molecule has 2 heterocycles. The summed E-state index contributed by atoms with van der Waals surface area (Å²) in [5, 5.41) is 11.5. The average molecular weight is 435 g/mol. The molecular formula is C20H16Cl2N2O3S. The molecule has 0 unspecified atom stereocenters. The molecule has 5 nitrogen and oxygen atoms in total. The van der Waals surface area contributed by atoms with Crippen LogP contribution in [0.25, 0.3) is 10.9 Å². The largest absolute Gasteiger partial charge is 0.478 e. The molecule has 0 atom stereocenters. The van der Waals surface area contributed by atoms with E-state index in [9.17, 15) is 9.90 Å². The normalized spacial score (nSPS) is 14.4. The summed E-state index contributed by atoms with van der Waals surface area (Å²) < 4.78 is 5.47. The average Bonchev–Trinajstić information content (AvgIpc) is 2.70. The Labute approximate surface area is 176 Å². The Balaban J connectivity index is 1.88. The second-order valence-electron chi connectivity index (χ2n) is 6.28. The summed E-state index contributed by atoms with van der Waals surface area (Å²) in [6, 6.07) is 10.4. The van der Waals surface area contributed by atoms with Gasteiger partial charge in [-0.05, 0) is 36.4 Å². The highest BCUT2D eigenvalue weighted by Gasteiger charge is 2.21. The summed E-state index contributed by atoms with van der Waals surface area (Å²) >= 11 is 13.7. The zero-order chi connectivity index (χ0) is 19.7. The highest BCUT2D eigenvalue weighted by atomic mass is 35.5. The van der Waals surface area contributed by atoms with Crippen LogP contribution in [0.3, 0.4) is 0 Å². The molecule has 0 aliphatic carbocycles. The van der Waals surface area contributed by atoms with Gasteiger partial charge in [0.25, 0.3) is 0 Å². The van der Waals surface area contributed by atoms with E-state index in [0.29, 0.717) is 28.2 Å². The number of ether oxygens (including phenoxy) is 1. The molecule has 1 saturated heterocycles. The van der Waals surface area contributed by atoms with Gasteiger partial charge in [0.2, 0.25) is 0 Å². The smallest absolute Gasteiger partial charge is 0.336 e. The molecule has 28 heavy (non-hydrogen) atoms. The number of benzene rings is 2. The number of carboxylic acids is 1. The second-order valence-corrected chi connectivity index (χ2v) is 8.21. The van der Waals surface area contributed by atoms with Gasteiger partial charge in [-0.3, -0.25) is 4.98 Å². The maximum absolute atomic E-state index is 11.7. The summed E-state index contributed by atoms with van der Waals surface area (Å²) in [4.78, 5) is 20.0. The Morgan fingerprint density at radius 1 is 1.11 bits per heavy atom. The fourth-order valence-electron chi connectivity index (χ4n) is 3.14. The first kappa shape index (κ1) is 19.3. The van der Waals surface area contributed by atoms with E-state index >= 15 is 0 Å². The molecule has 1 aromatic heterocycles. The lowest BCUT2D eigenvalue weighted by Crippen LogP contribution is -2.36. The molecule has 8 heteroatoms. The fourth-order valence-corrected chi connectivity index (χ4v) is 4.65. The molecule has 0 bridgehead atoms. The number of hydrogen-bond donors (Lipinski definition) is 1. The molecule has 1 N–H and O–H groups in total. The Hall–Kier alpha value is -1.99. The maximum atomic E-state index is 11.7. The number of nitrogens with zero attached hydrogens (tertiary/aromatic N) is 2. The van der Waals surface area contributed by atoms with Crippen molar-refractivity contribution in [2.24, 2.45) is 0 Å². The van der Waals surface area contributed by atoms with Gasteiger partial charge in [0.15, 0.2) is 0 Å². The highest BCUT2D eigenvalue weighted by Crippen LogP contribution is 2.42. The number of morpholine rings is 1. The molecule has 1 aliphatic heterocycles. The molecule has 1 aliphatic rings. The van der Waals surface area contributed by atoms with Crippen LogP contribution in [0.5, 0.6) is 0 Å².